The maximum absolute atomic E-state index is 11.1. The molecule has 0 heterocycles. The Kier molecular flexibility index (Phi) is 4.38. The van der Waals surface area contributed by atoms with E-state index in [1.165, 1.54) is 6.08 Å². The van der Waals surface area contributed by atoms with Crippen LogP contribution in [0.1, 0.15) is 18.1 Å². The number of carbonyl (C=O) groups excluding carboxylic acids is 1. The van der Waals surface area contributed by atoms with Gasteiger partial charge in [0, 0.05) is 6.08 Å². The van der Waals surface area contributed by atoms with Crippen LogP contribution in [0.5, 0.6) is 5.75 Å². The normalized spacial score (nSPS) is 10.7. The molecule has 0 unspecified atom stereocenters. The van der Waals surface area contributed by atoms with Gasteiger partial charge < -0.3 is 9.84 Å². The molecule has 4 heteroatoms. The third-order valence-corrected chi connectivity index (χ3v) is 2.26. The van der Waals surface area contributed by atoms with Crippen molar-refractivity contribution in [1.29, 1.82) is 0 Å². The molecule has 0 bridgehead atoms. The van der Waals surface area contributed by atoms with Crippen molar-refractivity contribution in [2.45, 2.75) is 13.8 Å². The van der Waals surface area contributed by atoms with Gasteiger partial charge >= 0.3 is 5.97 Å². The van der Waals surface area contributed by atoms with Gasteiger partial charge in [-0.05, 0) is 43.2 Å². The van der Waals surface area contributed by atoms with Crippen LogP contribution in [-0.4, -0.2) is 17.7 Å². The van der Waals surface area contributed by atoms with Gasteiger partial charge in [0.25, 0.3) is 0 Å². The largest absolute Gasteiger partial charge is 0.506 e. The molecule has 0 saturated heterocycles. The summed E-state index contributed by atoms with van der Waals surface area (Å²) in [6.45, 7) is 3.83. The highest BCUT2D eigenvalue weighted by atomic mass is 35.5. The van der Waals surface area contributed by atoms with E-state index in [0.29, 0.717) is 12.2 Å². The minimum atomic E-state index is -0.399. The lowest BCUT2D eigenvalue weighted by atomic mass is 10.1. The first-order chi connectivity index (χ1) is 7.54. The van der Waals surface area contributed by atoms with E-state index in [2.05, 4.69) is 0 Å². The smallest absolute Gasteiger partial charge is 0.330 e. The second-order valence-corrected chi connectivity index (χ2v) is 3.66. The molecule has 0 aromatic heterocycles. The lowest BCUT2D eigenvalue weighted by Crippen LogP contribution is -1.98. The van der Waals surface area contributed by atoms with Crippen LogP contribution in [0, 0.1) is 6.92 Å². The van der Waals surface area contributed by atoms with Crippen LogP contribution in [0.25, 0.3) is 6.08 Å². The zero-order valence-corrected chi connectivity index (χ0v) is 9.91. The number of phenols is 1. The van der Waals surface area contributed by atoms with E-state index >= 15 is 0 Å². The number of aryl methyl sites for hydroxylation is 1. The van der Waals surface area contributed by atoms with Gasteiger partial charge in [0.05, 0.1) is 11.6 Å². The Morgan fingerprint density at radius 1 is 1.56 bits per heavy atom. The van der Waals surface area contributed by atoms with Crippen molar-refractivity contribution in [3.63, 3.8) is 0 Å². The minimum Gasteiger partial charge on any atom is -0.506 e. The monoisotopic (exact) mass is 240 g/mol. The fraction of sp³-hybridized carbons (Fsp3) is 0.250. The van der Waals surface area contributed by atoms with Gasteiger partial charge in [0.15, 0.2) is 0 Å². The molecule has 1 N–H and O–H groups in total. The average molecular weight is 241 g/mol. The van der Waals surface area contributed by atoms with Crippen molar-refractivity contribution in [1.82, 2.24) is 0 Å². The van der Waals surface area contributed by atoms with E-state index in [0.717, 1.165) is 5.56 Å². The summed E-state index contributed by atoms with van der Waals surface area (Å²) in [4.78, 5) is 11.1. The zero-order chi connectivity index (χ0) is 12.1. The lowest BCUT2D eigenvalue weighted by molar-refractivity contribution is -0.137. The number of phenolic OH excluding ortho intramolecular Hbond substituents is 1. The second kappa shape index (κ2) is 5.56. The fourth-order valence-corrected chi connectivity index (χ4v) is 1.49. The summed E-state index contributed by atoms with van der Waals surface area (Å²) >= 11 is 5.80. The number of rotatable bonds is 3. The molecule has 3 nitrogen and oxygen atoms in total. The van der Waals surface area contributed by atoms with E-state index in [-0.39, 0.29) is 10.8 Å². The topological polar surface area (TPSA) is 46.5 Å². The number of ether oxygens (including phenoxy) is 1. The highest BCUT2D eigenvalue weighted by Gasteiger charge is 2.03. The molecule has 1 aromatic carbocycles. The van der Waals surface area contributed by atoms with Crippen LogP contribution >= 0.6 is 11.6 Å². The molecule has 0 radical (unpaired) electrons. The number of benzene rings is 1. The highest BCUT2D eigenvalue weighted by molar-refractivity contribution is 6.32. The number of halogens is 1. The summed E-state index contributed by atoms with van der Waals surface area (Å²) in [5.41, 5.74) is 1.41. The predicted octanol–water partition coefficient (Wildman–Crippen LogP) is 2.93. The third kappa shape index (κ3) is 3.28. The Hall–Kier alpha value is -1.48. The summed E-state index contributed by atoms with van der Waals surface area (Å²) in [6.07, 6.45) is 2.92. The molecule has 0 aliphatic rings. The summed E-state index contributed by atoms with van der Waals surface area (Å²) in [5, 5.41) is 9.71. The van der Waals surface area contributed by atoms with Crippen molar-refractivity contribution < 1.29 is 14.6 Å². The standard InChI is InChI=1S/C12H13ClO3/c1-3-16-11(14)5-4-9-6-8(2)12(15)10(13)7-9/h4-7,15H,3H2,1-2H3. The van der Waals surface area contributed by atoms with E-state index in [9.17, 15) is 9.90 Å². The third-order valence-electron chi connectivity index (χ3n) is 1.97. The van der Waals surface area contributed by atoms with Crippen LogP contribution in [0.3, 0.4) is 0 Å². The number of hydrogen-bond donors (Lipinski definition) is 1. The predicted molar refractivity (Wildman–Crippen MR) is 63.5 cm³/mol. The Bertz CT molecular complexity index is 401. The van der Waals surface area contributed by atoms with Crippen molar-refractivity contribution in [2.24, 2.45) is 0 Å². The SMILES string of the molecule is CCOC(=O)C=Cc1cc(C)c(O)c(Cl)c1. The summed E-state index contributed by atoms with van der Waals surface area (Å²) in [5.74, 6) is -0.334. The molecule has 0 spiro atoms. The summed E-state index contributed by atoms with van der Waals surface area (Å²) < 4.78 is 4.74. The van der Waals surface area contributed by atoms with E-state index in [4.69, 9.17) is 16.3 Å². The molecule has 0 atom stereocenters. The molecule has 0 amide bonds. The van der Waals surface area contributed by atoms with Gasteiger partial charge in [-0.1, -0.05) is 11.6 Å². The Balaban J connectivity index is 2.86. The van der Waals surface area contributed by atoms with E-state index in [1.807, 2.05) is 0 Å². The maximum Gasteiger partial charge on any atom is 0.330 e. The van der Waals surface area contributed by atoms with Crippen LogP contribution in [-0.2, 0) is 9.53 Å². The average Bonchev–Trinajstić information content (AvgIpc) is 2.23. The zero-order valence-electron chi connectivity index (χ0n) is 9.16. The van der Waals surface area contributed by atoms with Crippen LogP contribution in [0.4, 0.5) is 0 Å². The Morgan fingerprint density at radius 3 is 2.81 bits per heavy atom. The first-order valence-electron chi connectivity index (χ1n) is 4.88. The van der Waals surface area contributed by atoms with Gasteiger partial charge in [0.2, 0.25) is 0 Å². The molecular formula is C12H13ClO3. The summed E-state index contributed by atoms with van der Waals surface area (Å²) in [7, 11) is 0. The molecule has 1 rings (SSSR count). The van der Waals surface area contributed by atoms with Crippen molar-refractivity contribution in [3.8, 4) is 5.75 Å². The minimum absolute atomic E-state index is 0.0648. The number of aromatic hydroxyl groups is 1. The van der Waals surface area contributed by atoms with Crippen molar-refractivity contribution in [3.05, 3.63) is 34.4 Å². The van der Waals surface area contributed by atoms with Gasteiger partial charge in [-0.2, -0.15) is 0 Å². The number of carbonyl (C=O) groups is 1. The van der Waals surface area contributed by atoms with Gasteiger partial charge in [-0.25, -0.2) is 4.79 Å². The Labute approximate surface area is 99.3 Å². The number of hydrogen-bond acceptors (Lipinski definition) is 3. The first-order valence-corrected chi connectivity index (χ1v) is 5.26. The fourth-order valence-electron chi connectivity index (χ4n) is 1.21. The Morgan fingerprint density at radius 2 is 2.25 bits per heavy atom. The molecule has 0 saturated carbocycles. The van der Waals surface area contributed by atoms with Crippen molar-refractivity contribution >= 4 is 23.6 Å². The number of esters is 1. The lowest BCUT2D eigenvalue weighted by Gasteiger charge is -2.03. The van der Waals surface area contributed by atoms with Crippen molar-refractivity contribution in [2.75, 3.05) is 6.61 Å². The second-order valence-electron chi connectivity index (χ2n) is 3.25. The van der Waals surface area contributed by atoms with Crippen LogP contribution < -0.4 is 0 Å². The van der Waals surface area contributed by atoms with Gasteiger partial charge in [-0.3, -0.25) is 0 Å². The van der Waals surface area contributed by atoms with Crippen LogP contribution in [0.15, 0.2) is 18.2 Å². The molecule has 16 heavy (non-hydrogen) atoms. The van der Waals surface area contributed by atoms with E-state index in [1.54, 1.807) is 32.1 Å². The molecule has 86 valence electrons. The van der Waals surface area contributed by atoms with Gasteiger partial charge in [-0.15, -0.1) is 0 Å². The van der Waals surface area contributed by atoms with E-state index < -0.39 is 5.97 Å². The molecule has 0 fully saturated rings. The highest BCUT2D eigenvalue weighted by Crippen LogP contribution is 2.28. The molecule has 1 aromatic rings. The molecule has 0 aliphatic heterocycles. The molecule has 0 aliphatic carbocycles. The quantitative estimate of drug-likeness (QED) is 0.653. The maximum atomic E-state index is 11.1. The summed E-state index contributed by atoms with van der Waals surface area (Å²) in [6, 6.07) is 3.32. The first kappa shape index (κ1) is 12.6. The van der Waals surface area contributed by atoms with Crippen LogP contribution in [0.2, 0.25) is 5.02 Å². The molecular weight excluding hydrogens is 228 g/mol. The van der Waals surface area contributed by atoms with Gasteiger partial charge in [0.1, 0.15) is 5.75 Å².